The van der Waals surface area contributed by atoms with Crippen LogP contribution in [0.5, 0.6) is 5.75 Å². The Morgan fingerprint density at radius 1 is 1.04 bits per heavy atom. The fraction of sp³-hybridized carbons (Fsp3) is 0.0625. The van der Waals surface area contributed by atoms with Gasteiger partial charge in [0.2, 0.25) is 0 Å². The summed E-state index contributed by atoms with van der Waals surface area (Å²) in [5, 5.41) is 16.2. The maximum Gasteiger partial charge on any atom is 0.329 e. The number of carbonyl (C=O) groups is 2. The Morgan fingerprint density at radius 2 is 1.75 bits per heavy atom. The van der Waals surface area contributed by atoms with Gasteiger partial charge in [0.25, 0.3) is 0 Å². The van der Waals surface area contributed by atoms with Crippen LogP contribution in [0.25, 0.3) is 0 Å². The molecule has 0 aliphatic heterocycles. The quantitative estimate of drug-likeness (QED) is 0.443. The molecule has 0 aliphatic carbocycles. The first kappa shape index (κ1) is 17.8. The predicted molar refractivity (Wildman–Crippen MR) is 93.6 cm³/mol. The molecule has 2 amide bonds. The molecule has 0 saturated heterocycles. The van der Waals surface area contributed by atoms with E-state index < -0.39 is 11.8 Å². The minimum Gasteiger partial charge on any atom is -0.507 e. The van der Waals surface area contributed by atoms with Crippen molar-refractivity contribution in [2.45, 2.75) is 6.92 Å². The highest BCUT2D eigenvalue weighted by Gasteiger charge is 2.16. The molecule has 0 spiro atoms. The van der Waals surface area contributed by atoms with Crippen molar-refractivity contribution in [3.63, 3.8) is 0 Å². The van der Waals surface area contributed by atoms with E-state index in [2.05, 4.69) is 15.8 Å². The van der Waals surface area contributed by atoms with Crippen LogP contribution in [0.15, 0.2) is 47.6 Å². The summed E-state index contributed by atoms with van der Waals surface area (Å²) < 4.78 is 0. The number of halogens is 2. The van der Waals surface area contributed by atoms with Crippen LogP contribution in [0.1, 0.15) is 12.5 Å². The van der Waals surface area contributed by atoms with Gasteiger partial charge in [0.15, 0.2) is 0 Å². The number of benzene rings is 2. The summed E-state index contributed by atoms with van der Waals surface area (Å²) in [6, 6.07) is 11.1. The second kappa shape index (κ2) is 7.81. The highest BCUT2D eigenvalue weighted by atomic mass is 35.5. The van der Waals surface area contributed by atoms with Crippen molar-refractivity contribution in [1.82, 2.24) is 5.43 Å². The average Bonchev–Trinajstić information content (AvgIpc) is 2.56. The summed E-state index contributed by atoms with van der Waals surface area (Å²) in [4.78, 5) is 23.6. The van der Waals surface area contributed by atoms with Gasteiger partial charge in [-0.3, -0.25) is 9.59 Å². The first-order valence-corrected chi connectivity index (χ1v) is 7.53. The molecular formula is C16H13Cl2N3O3. The van der Waals surface area contributed by atoms with Gasteiger partial charge >= 0.3 is 11.8 Å². The Kier molecular flexibility index (Phi) is 5.78. The zero-order valence-electron chi connectivity index (χ0n) is 12.5. The third-order valence-electron chi connectivity index (χ3n) is 3.03. The lowest BCUT2D eigenvalue weighted by Gasteiger charge is -2.07. The van der Waals surface area contributed by atoms with E-state index in [1.807, 2.05) is 0 Å². The molecule has 0 aliphatic rings. The molecule has 0 heterocycles. The average molecular weight is 366 g/mol. The number of phenolic OH excluding ortho intramolecular Hbond substituents is 1. The van der Waals surface area contributed by atoms with Crippen LogP contribution in [0.3, 0.4) is 0 Å². The fourth-order valence-electron chi connectivity index (χ4n) is 1.80. The number of hydrazone groups is 1. The molecule has 0 aromatic heterocycles. The molecule has 8 heteroatoms. The topological polar surface area (TPSA) is 90.8 Å². The summed E-state index contributed by atoms with van der Waals surface area (Å²) in [7, 11) is 0. The minimum absolute atomic E-state index is 0.0168. The number of para-hydroxylation sites is 1. The largest absolute Gasteiger partial charge is 0.507 e. The van der Waals surface area contributed by atoms with Crippen molar-refractivity contribution in [3.8, 4) is 5.75 Å². The van der Waals surface area contributed by atoms with E-state index in [1.165, 1.54) is 12.1 Å². The van der Waals surface area contributed by atoms with Crippen LogP contribution < -0.4 is 10.7 Å². The molecule has 0 radical (unpaired) electrons. The van der Waals surface area contributed by atoms with Gasteiger partial charge in [-0.05, 0) is 31.2 Å². The van der Waals surface area contributed by atoms with Crippen LogP contribution in [-0.2, 0) is 9.59 Å². The van der Waals surface area contributed by atoms with Crippen molar-refractivity contribution in [2.24, 2.45) is 5.10 Å². The third-order valence-corrected chi connectivity index (χ3v) is 3.84. The molecule has 2 aromatic carbocycles. The van der Waals surface area contributed by atoms with Gasteiger partial charge in [-0.15, -0.1) is 0 Å². The van der Waals surface area contributed by atoms with Gasteiger partial charge < -0.3 is 10.4 Å². The highest BCUT2D eigenvalue weighted by Crippen LogP contribution is 2.29. The molecule has 3 N–H and O–H groups in total. The van der Waals surface area contributed by atoms with Gasteiger partial charge in [-0.1, -0.05) is 41.4 Å². The highest BCUT2D eigenvalue weighted by molar-refractivity contribution is 6.45. The van der Waals surface area contributed by atoms with Crippen molar-refractivity contribution < 1.29 is 14.7 Å². The van der Waals surface area contributed by atoms with Crippen molar-refractivity contribution >= 4 is 46.4 Å². The maximum atomic E-state index is 11.8. The number of hydrogen-bond donors (Lipinski definition) is 3. The van der Waals surface area contributed by atoms with Crippen LogP contribution in [0.2, 0.25) is 10.0 Å². The number of phenols is 1. The Bertz CT molecular complexity index is 822. The molecule has 24 heavy (non-hydrogen) atoms. The van der Waals surface area contributed by atoms with Crippen molar-refractivity contribution in [1.29, 1.82) is 0 Å². The van der Waals surface area contributed by atoms with Crippen molar-refractivity contribution in [2.75, 3.05) is 5.32 Å². The van der Waals surface area contributed by atoms with E-state index in [-0.39, 0.29) is 21.5 Å². The number of hydrogen-bond acceptors (Lipinski definition) is 4. The first-order chi connectivity index (χ1) is 11.4. The summed E-state index contributed by atoms with van der Waals surface area (Å²) >= 11 is 11.8. The molecule has 0 unspecified atom stereocenters. The number of carbonyl (C=O) groups excluding carboxylic acids is 2. The zero-order valence-corrected chi connectivity index (χ0v) is 14.0. The van der Waals surface area contributed by atoms with E-state index in [9.17, 15) is 14.7 Å². The summed E-state index contributed by atoms with van der Waals surface area (Å²) in [5.41, 5.74) is 3.11. The molecule has 0 saturated carbocycles. The number of rotatable bonds is 3. The molecule has 2 aromatic rings. The van der Waals surface area contributed by atoms with E-state index in [1.54, 1.807) is 37.3 Å². The number of amides is 2. The van der Waals surface area contributed by atoms with E-state index >= 15 is 0 Å². The van der Waals surface area contributed by atoms with E-state index in [0.717, 1.165) is 0 Å². The molecule has 124 valence electrons. The SMILES string of the molecule is C/C(=N\NC(=O)C(=O)Nc1cccc(Cl)c1Cl)c1ccccc1O. The minimum atomic E-state index is -0.985. The van der Waals surface area contributed by atoms with Crippen molar-refractivity contribution in [3.05, 3.63) is 58.1 Å². The lowest BCUT2D eigenvalue weighted by molar-refractivity contribution is -0.136. The maximum absolute atomic E-state index is 11.8. The molecule has 0 fully saturated rings. The summed E-state index contributed by atoms with van der Waals surface area (Å²) in [5.74, 6) is -1.92. The Morgan fingerprint density at radius 3 is 2.46 bits per heavy atom. The Hall–Kier alpha value is -2.57. The summed E-state index contributed by atoms with van der Waals surface area (Å²) in [6.45, 7) is 1.58. The summed E-state index contributed by atoms with van der Waals surface area (Å²) in [6.07, 6.45) is 0. The van der Waals surface area contributed by atoms with Gasteiger partial charge in [0.05, 0.1) is 21.4 Å². The van der Waals surface area contributed by atoms with Gasteiger partial charge in [-0.25, -0.2) is 5.43 Å². The van der Waals surface area contributed by atoms with Crippen LogP contribution in [-0.4, -0.2) is 22.6 Å². The number of nitrogens with one attached hydrogen (secondary N) is 2. The molecule has 2 rings (SSSR count). The molecule has 6 nitrogen and oxygen atoms in total. The predicted octanol–water partition coefficient (Wildman–Crippen LogP) is 3.18. The number of aromatic hydroxyl groups is 1. The first-order valence-electron chi connectivity index (χ1n) is 6.78. The van der Waals surface area contributed by atoms with Gasteiger partial charge in [0, 0.05) is 5.56 Å². The second-order valence-corrected chi connectivity index (χ2v) is 5.50. The van der Waals surface area contributed by atoms with Crippen LogP contribution in [0, 0.1) is 0 Å². The lowest BCUT2D eigenvalue weighted by atomic mass is 10.1. The molecule has 0 bridgehead atoms. The Balaban J connectivity index is 2.04. The van der Waals surface area contributed by atoms with E-state index in [0.29, 0.717) is 11.3 Å². The second-order valence-electron chi connectivity index (χ2n) is 4.71. The van der Waals surface area contributed by atoms with Crippen LogP contribution in [0.4, 0.5) is 5.69 Å². The van der Waals surface area contributed by atoms with E-state index in [4.69, 9.17) is 23.2 Å². The fourth-order valence-corrected chi connectivity index (χ4v) is 2.15. The smallest absolute Gasteiger partial charge is 0.329 e. The molecular weight excluding hydrogens is 353 g/mol. The number of nitrogens with zero attached hydrogens (tertiary/aromatic N) is 1. The molecule has 0 atom stereocenters. The Labute approximate surface area is 148 Å². The van der Waals surface area contributed by atoms with Crippen LogP contribution >= 0.6 is 23.2 Å². The lowest BCUT2D eigenvalue weighted by Crippen LogP contribution is -2.33. The zero-order chi connectivity index (χ0) is 17.7. The van der Waals surface area contributed by atoms with Gasteiger partial charge in [-0.2, -0.15) is 5.10 Å². The standard InChI is InChI=1S/C16H13Cl2N3O3/c1-9(10-5-2-3-8-13(10)22)20-21-16(24)15(23)19-12-7-4-6-11(17)14(12)18/h2-8,22H,1H3,(H,19,23)(H,21,24)/b20-9+. The monoisotopic (exact) mass is 365 g/mol. The third kappa shape index (κ3) is 4.24. The normalized spacial score (nSPS) is 11.0. The van der Waals surface area contributed by atoms with Gasteiger partial charge in [0.1, 0.15) is 5.75 Å². The number of anilines is 1.